The second-order valence-corrected chi connectivity index (χ2v) is 6.85. The van der Waals surface area contributed by atoms with Crippen LogP contribution >= 0.6 is 11.6 Å². The molecule has 0 atom stereocenters. The van der Waals surface area contributed by atoms with Gasteiger partial charge in [0, 0.05) is 12.2 Å². The number of halogens is 5. The van der Waals surface area contributed by atoms with Crippen molar-refractivity contribution in [2.45, 2.75) is 31.5 Å². The zero-order chi connectivity index (χ0) is 18.3. The number of nitrogens with one attached hydrogen (secondary N) is 1. The van der Waals surface area contributed by atoms with E-state index in [-0.39, 0.29) is 12.2 Å². The number of benzene rings is 1. The quantitative estimate of drug-likeness (QED) is 0.814. The predicted octanol–water partition coefficient (Wildman–Crippen LogP) is 3.82. The lowest BCUT2D eigenvalue weighted by molar-refractivity contribution is -0.137. The largest absolute Gasteiger partial charge is 0.417 e. The third-order valence-corrected chi connectivity index (χ3v) is 4.94. The Labute approximate surface area is 140 Å². The summed E-state index contributed by atoms with van der Waals surface area (Å²) in [5.41, 5.74) is -1.70. The number of nitrogens with zero attached hydrogens (tertiary/aromatic N) is 2. The first-order chi connectivity index (χ1) is 11.0. The molecule has 0 aliphatic rings. The summed E-state index contributed by atoms with van der Waals surface area (Å²) in [5, 5.41) is 3.15. The van der Waals surface area contributed by atoms with Crippen LogP contribution in [0.3, 0.4) is 0 Å². The molecular formula is C13H12ClF4N3O2S. The SMILES string of the molecule is CCn1nc(C)c(S(=O)(=O)Nc2ccc(Cl)c(C(F)(F)F)c2)c1F. The van der Waals surface area contributed by atoms with Crippen molar-refractivity contribution in [3.05, 3.63) is 40.4 Å². The maximum atomic E-state index is 14.1. The number of rotatable bonds is 4. The van der Waals surface area contributed by atoms with Crippen LogP contribution in [-0.4, -0.2) is 18.2 Å². The molecule has 24 heavy (non-hydrogen) atoms. The third-order valence-electron chi connectivity index (χ3n) is 3.11. The van der Waals surface area contributed by atoms with Crippen molar-refractivity contribution >= 4 is 27.3 Å². The van der Waals surface area contributed by atoms with Crippen LogP contribution in [0.5, 0.6) is 0 Å². The molecule has 0 unspecified atom stereocenters. The average molecular weight is 386 g/mol. The maximum Gasteiger partial charge on any atom is 0.417 e. The van der Waals surface area contributed by atoms with Gasteiger partial charge in [-0.05, 0) is 32.0 Å². The van der Waals surface area contributed by atoms with E-state index in [0.717, 1.165) is 16.8 Å². The molecule has 132 valence electrons. The van der Waals surface area contributed by atoms with E-state index in [1.165, 1.54) is 6.92 Å². The molecule has 0 amide bonds. The molecule has 0 radical (unpaired) electrons. The minimum absolute atomic E-state index is 0.0986. The summed E-state index contributed by atoms with van der Waals surface area (Å²) in [7, 11) is -4.46. The number of hydrogen-bond acceptors (Lipinski definition) is 3. The van der Waals surface area contributed by atoms with Gasteiger partial charge in [-0.1, -0.05) is 11.6 Å². The lowest BCUT2D eigenvalue weighted by Crippen LogP contribution is -2.16. The number of aryl methyl sites for hydroxylation is 2. The molecule has 1 aromatic carbocycles. The normalized spacial score (nSPS) is 12.5. The van der Waals surface area contributed by atoms with Gasteiger partial charge in [0.05, 0.1) is 16.3 Å². The van der Waals surface area contributed by atoms with E-state index in [0.29, 0.717) is 6.07 Å². The summed E-state index contributed by atoms with van der Waals surface area (Å²) >= 11 is 5.47. The molecule has 5 nitrogen and oxygen atoms in total. The maximum absolute atomic E-state index is 14.1. The van der Waals surface area contributed by atoms with E-state index >= 15 is 0 Å². The molecule has 2 rings (SSSR count). The van der Waals surface area contributed by atoms with Crippen LogP contribution in [0.1, 0.15) is 18.2 Å². The topological polar surface area (TPSA) is 64.0 Å². The Balaban J connectivity index is 2.46. The van der Waals surface area contributed by atoms with Gasteiger partial charge in [0.1, 0.15) is 0 Å². The highest BCUT2D eigenvalue weighted by atomic mass is 35.5. The highest BCUT2D eigenvalue weighted by molar-refractivity contribution is 7.92. The summed E-state index contributed by atoms with van der Waals surface area (Å²) in [6.45, 7) is 2.95. The first-order valence-corrected chi connectivity index (χ1v) is 8.46. The van der Waals surface area contributed by atoms with Crippen LogP contribution in [0.4, 0.5) is 23.2 Å². The van der Waals surface area contributed by atoms with Crippen LogP contribution in [-0.2, 0) is 22.7 Å². The molecular weight excluding hydrogens is 374 g/mol. The highest BCUT2D eigenvalue weighted by Crippen LogP contribution is 2.36. The number of alkyl halides is 3. The monoisotopic (exact) mass is 385 g/mol. The average Bonchev–Trinajstić information content (AvgIpc) is 2.74. The van der Waals surface area contributed by atoms with Gasteiger partial charge < -0.3 is 0 Å². The zero-order valence-electron chi connectivity index (χ0n) is 12.4. The molecule has 0 fully saturated rings. The standard InChI is InChI=1S/C13H12ClF4N3O2S/c1-3-21-12(15)11(7(2)19-21)24(22,23)20-8-4-5-10(14)9(6-8)13(16,17)18/h4-6,20H,3H2,1-2H3. The fourth-order valence-electron chi connectivity index (χ4n) is 2.06. The Hall–Kier alpha value is -1.81. The Morgan fingerprint density at radius 3 is 2.46 bits per heavy atom. The van der Waals surface area contributed by atoms with Gasteiger partial charge in [0.15, 0.2) is 4.90 Å². The molecule has 1 N–H and O–H groups in total. The predicted molar refractivity (Wildman–Crippen MR) is 79.9 cm³/mol. The number of aromatic nitrogens is 2. The van der Waals surface area contributed by atoms with Gasteiger partial charge in [-0.25, -0.2) is 13.1 Å². The van der Waals surface area contributed by atoms with E-state index in [1.54, 1.807) is 6.92 Å². The number of hydrogen-bond donors (Lipinski definition) is 1. The van der Waals surface area contributed by atoms with Crippen molar-refractivity contribution in [2.24, 2.45) is 0 Å². The van der Waals surface area contributed by atoms with Crippen molar-refractivity contribution in [3.8, 4) is 0 Å². The van der Waals surface area contributed by atoms with Crippen molar-refractivity contribution in [1.29, 1.82) is 0 Å². The van der Waals surface area contributed by atoms with E-state index in [4.69, 9.17) is 11.6 Å². The highest BCUT2D eigenvalue weighted by Gasteiger charge is 2.34. The van der Waals surface area contributed by atoms with Crippen LogP contribution in [0.2, 0.25) is 5.02 Å². The smallest absolute Gasteiger partial charge is 0.279 e. The Kier molecular flexibility index (Phi) is 4.82. The van der Waals surface area contributed by atoms with Gasteiger partial charge in [-0.3, -0.25) is 4.72 Å². The van der Waals surface area contributed by atoms with Crippen molar-refractivity contribution in [3.63, 3.8) is 0 Å². The summed E-state index contributed by atoms with van der Waals surface area (Å²) in [6, 6.07) is 2.49. The molecule has 0 saturated carbocycles. The van der Waals surface area contributed by atoms with Crippen molar-refractivity contribution in [1.82, 2.24) is 9.78 Å². The molecule has 2 aromatic rings. The van der Waals surface area contributed by atoms with Crippen LogP contribution in [0, 0.1) is 12.9 Å². The van der Waals surface area contributed by atoms with Crippen molar-refractivity contribution in [2.75, 3.05) is 4.72 Å². The Bertz CT molecular complexity index is 878. The Morgan fingerprint density at radius 1 is 1.33 bits per heavy atom. The van der Waals surface area contributed by atoms with Crippen molar-refractivity contribution < 1.29 is 26.0 Å². The molecule has 0 aliphatic carbocycles. The van der Waals surface area contributed by atoms with Gasteiger partial charge in [0.25, 0.3) is 10.0 Å². The van der Waals surface area contributed by atoms with Crippen LogP contribution < -0.4 is 4.72 Å². The fraction of sp³-hybridized carbons (Fsp3) is 0.308. The third kappa shape index (κ3) is 3.48. The van der Waals surface area contributed by atoms with Crippen LogP contribution in [0.25, 0.3) is 0 Å². The summed E-state index contributed by atoms with van der Waals surface area (Å²) in [6.07, 6.45) is -4.76. The first kappa shape index (κ1) is 18.5. The lowest BCUT2D eigenvalue weighted by Gasteiger charge is -2.12. The second-order valence-electron chi connectivity index (χ2n) is 4.82. The molecule has 11 heteroatoms. The fourth-order valence-corrected chi connectivity index (χ4v) is 3.58. The lowest BCUT2D eigenvalue weighted by atomic mass is 10.2. The molecule has 0 bridgehead atoms. The summed E-state index contributed by atoms with van der Waals surface area (Å²) < 4.78 is 79.9. The van der Waals surface area contributed by atoms with Gasteiger partial charge in [-0.15, -0.1) is 0 Å². The first-order valence-electron chi connectivity index (χ1n) is 6.60. The summed E-state index contributed by atoms with van der Waals surface area (Å²) in [5.74, 6) is -1.09. The van der Waals surface area contributed by atoms with E-state index < -0.39 is 43.3 Å². The van der Waals surface area contributed by atoms with E-state index in [9.17, 15) is 26.0 Å². The van der Waals surface area contributed by atoms with E-state index in [2.05, 4.69) is 5.10 Å². The minimum Gasteiger partial charge on any atom is -0.279 e. The van der Waals surface area contributed by atoms with Gasteiger partial charge in [0.2, 0.25) is 5.95 Å². The molecule has 0 aliphatic heterocycles. The van der Waals surface area contributed by atoms with Gasteiger partial charge >= 0.3 is 6.18 Å². The molecule has 0 saturated heterocycles. The Morgan fingerprint density at radius 2 is 1.96 bits per heavy atom. The summed E-state index contributed by atoms with van der Waals surface area (Å²) in [4.78, 5) is -0.715. The zero-order valence-corrected chi connectivity index (χ0v) is 14.0. The molecule has 0 spiro atoms. The molecule has 1 aromatic heterocycles. The number of sulfonamides is 1. The van der Waals surface area contributed by atoms with E-state index in [1.807, 2.05) is 4.72 Å². The van der Waals surface area contributed by atoms with Gasteiger partial charge in [-0.2, -0.15) is 22.7 Å². The number of anilines is 1. The minimum atomic E-state index is -4.76. The molecule has 1 heterocycles. The second kappa shape index (κ2) is 6.25. The van der Waals surface area contributed by atoms with Crippen LogP contribution in [0.15, 0.2) is 23.1 Å².